The van der Waals surface area contributed by atoms with Gasteiger partial charge in [-0.2, -0.15) is 0 Å². The second-order valence-corrected chi connectivity index (χ2v) is 7.65. The SMILES string of the molecule is CN[C@@H](C)C(=O)N[C@H](C(=O)N1CCC[C@H]1CNC(=O)CN)C(C)(C)C. The number of nitrogens with two attached hydrogens (primary N) is 1. The molecule has 1 fully saturated rings. The minimum absolute atomic E-state index is 0.0634. The Kier molecular flexibility index (Phi) is 7.82. The van der Waals surface area contributed by atoms with E-state index in [1.54, 1.807) is 18.9 Å². The van der Waals surface area contributed by atoms with Crippen molar-refractivity contribution >= 4 is 17.7 Å². The summed E-state index contributed by atoms with van der Waals surface area (Å²) in [6.45, 7) is 8.50. The van der Waals surface area contributed by atoms with Crippen LogP contribution in [0.1, 0.15) is 40.5 Å². The molecule has 0 spiro atoms. The third-order valence-electron chi connectivity index (χ3n) is 4.61. The molecule has 8 heteroatoms. The van der Waals surface area contributed by atoms with Crippen molar-refractivity contribution in [2.75, 3.05) is 26.7 Å². The van der Waals surface area contributed by atoms with Gasteiger partial charge in [-0.3, -0.25) is 14.4 Å². The van der Waals surface area contributed by atoms with Crippen molar-refractivity contribution in [3.05, 3.63) is 0 Å². The van der Waals surface area contributed by atoms with Crippen LogP contribution in [0, 0.1) is 5.41 Å². The standard InChI is InChI=1S/C17H33N5O3/c1-11(19-5)15(24)21-14(17(2,3)4)16(25)22-8-6-7-12(22)10-20-13(23)9-18/h11-12,14,19H,6-10,18H2,1-5H3,(H,20,23)(H,21,24)/t11-,12-,14+/m0/s1. The van der Waals surface area contributed by atoms with Gasteiger partial charge >= 0.3 is 0 Å². The summed E-state index contributed by atoms with van der Waals surface area (Å²) < 4.78 is 0. The first-order valence-corrected chi connectivity index (χ1v) is 8.86. The molecule has 0 radical (unpaired) electrons. The summed E-state index contributed by atoms with van der Waals surface area (Å²) in [5.41, 5.74) is 4.88. The monoisotopic (exact) mass is 355 g/mol. The Morgan fingerprint density at radius 2 is 1.92 bits per heavy atom. The highest BCUT2D eigenvalue weighted by Crippen LogP contribution is 2.25. The van der Waals surface area contributed by atoms with Crippen LogP contribution in [0.25, 0.3) is 0 Å². The van der Waals surface area contributed by atoms with Gasteiger partial charge in [0.15, 0.2) is 0 Å². The molecule has 0 aromatic heterocycles. The lowest BCUT2D eigenvalue weighted by Gasteiger charge is -2.36. The molecule has 1 aliphatic rings. The maximum absolute atomic E-state index is 13.1. The van der Waals surface area contributed by atoms with Gasteiger partial charge in [0, 0.05) is 19.1 Å². The molecule has 3 amide bonds. The van der Waals surface area contributed by atoms with Gasteiger partial charge in [-0.15, -0.1) is 0 Å². The molecule has 1 aliphatic heterocycles. The smallest absolute Gasteiger partial charge is 0.246 e. The second-order valence-electron chi connectivity index (χ2n) is 7.65. The Morgan fingerprint density at radius 3 is 2.44 bits per heavy atom. The number of carbonyl (C=O) groups is 3. The Hall–Kier alpha value is -1.67. The van der Waals surface area contributed by atoms with E-state index >= 15 is 0 Å². The first-order chi connectivity index (χ1) is 11.6. The predicted octanol–water partition coefficient (Wildman–Crippen LogP) is -0.809. The van der Waals surface area contributed by atoms with E-state index in [1.807, 2.05) is 20.8 Å². The summed E-state index contributed by atoms with van der Waals surface area (Å²) in [4.78, 5) is 38.6. The van der Waals surface area contributed by atoms with E-state index in [0.717, 1.165) is 12.8 Å². The second kappa shape index (κ2) is 9.15. The molecule has 144 valence electrons. The molecule has 0 saturated carbocycles. The fraction of sp³-hybridized carbons (Fsp3) is 0.824. The summed E-state index contributed by atoms with van der Waals surface area (Å²) in [5, 5.41) is 8.51. The fourth-order valence-corrected chi connectivity index (χ4v) is 2.85. The van der Waals surface area contributed by atoms with Crippen LogP contribution in [-0.4, -0.2) is 67.4 Å². The summed E-state index contributed by atoms with van der Waals surface area (Å²) in [6, 6.07) is -1.07. The molecule has 0 aliphatic carbocycles. The summed E-state index contributed by atoms with van der Waals surface area (Å²) in [7, 11) is 1.70. The molecule has 1 rings (SSSR count). The number of likely N-dealkylation sites (N-methyl/N-ethyl adjacent to an activating group) is 1. The average Bonchev–Trinajstić information content (AvgIpc) is 3.03. The van der Waals surface area contributed by atoms with E-state index in [-0.39, 0.29) is 36.3 Å². The van der Waals surface area contributed by atoms with Gasteiger partial charge in [-0.25, -0.2) is 0 Å². The maximum Gasteiger partial charge on any atom is 0.246 e. The number of likely N-dealkylation sites (tertiary alicyclic amines) is 1. The predicted molar refractivity (Wildman–Crippen MR) is 96.7 cm³/mol. The lowest BCUT2D eigenvalue weighted by Crippen LogP contribution is -2.59. The fourth-order valence-electron chi connectivity index (χ4n) is 2.85. The molecule has 25 heavy (non-hydrogen) atoms. The van der Waals surface area contributed by atoms with Crippen LogP contribution in [0.4, 0.5) is 0 Å². The Bertz CT molecular complexity index is 489. The molecule has 0 unspecified atom stereocenters. The number of nitrogens with one attached hydrogen (secondary N) is 3. The van der Waals surface area contributed by atoms with Crippen molar-refractivity contribution in [3.63, 3.8) is 0 Å². The van der Waals surface area contributed by atoms with Crippen molar-refractivity contribution in [3.8, 4) is 0 Å². The molecule has 5 N–H and O–H groups in total. The maximum atomic E-state index is 13.1. The highest BCUT2D eigenvalue weighted by molar-refractivity contribution is 5.90. The number of hydrogen-bond donors (Lipinski definition) is 4. The van der Waals surface area contributed by atoms with Gasteiger partial charge in [0.25, 0.3) is 0 Å². The summed E-state index contributed by atoms with van der Waals surface area (Å²) in [5.74, 6) is -0.542. The van der Waals surface area contributed by atoms with Crippen LogP contribution < -0.4 is 21.7 Å². The average molecular weight is 355 g/mol. The minimum Gasteiger partial charge on any atom is -0.353 e. The van der Waals surface area contributed by atoms with Gasteiger partial charge < -0.3 is 26.6 Å². The molecule has 0 bridgehead atoms. The largest absolute Gasteiger partial charge is 0.353 e. The van der Waals surface area contributed by atoms with E-state index in [0.29, 0.717) is 13.1 Å². The van der Waals surface area contributed by atoms with Crippen molar-refractivity contribution in [2.45, 2.75) is 58.7 Å². The zero-order chi connectivity index (χ0) is 19.2. The highest BCUT2D eigenvalue weighted by Gasteiger charge is 2.39. The van der Waals surface area contributed by atoms with Gasteiger partial charge in [-0.1, -0.05) is 20.8 Å². The van der Waals surface area contributed by atoms with Crippen LogP contribution in [-0.2, 0) is 14.4 Å². The quantitative estimate of drug-likeness (QED) is 0.477. The number of rotatable bonds is 7. The highest BCUT2D eigenvalue weighted by atomic mass is 16.2. The summed E-state index contributed by atoms with van der Waals surface area (Å²) in [6.07, 6.45) is 1.71. The van der Waals surface area contributed by atoms with Crippen LogP contribution >= 0.6 is 0 Å². The van der Waals surface area contributed by atoms with Crippen molar-refractivity contribution in [1.29, 1.82) is 0 Å². The van der Waals surface area contributed by atoms with E-state index in [4.69, 9.17) is 5.73 Å². The van der Waals surface area contributed by atoms with Crippen molar-refractivity contribution in [2.24, 2.45) is 11.1 Å². The topological polar surface area (TPSA) is 117 Å². The third-order valence-corrected chi connectivity index (χ3v) is 4.61. The van der Waals surface area contributed by atoms with Gasteiger partial charge in [0.1, 0.15) is 6.04 Å². The Morgan fingerprint density at radius 1 is 1.28 bits per heavy atom. The molecule has 0 aromatic rings. The minimum atomic E-state index is -0.624. The normalized spacial score (nSPS) is 20.1. The Balaban J connectivity index is 2.85. The third kappa shape index (κ3) is 5.97. The number of nitrogens with zero attached hydrogens (tertiary/aromatic N) is 1. The molecule has 0 aromatic carbocycles. The van der Waals surface area contributed by atoms with Gasteiger partial charge in [0.05, 0.1) is 12.6 Å². The molecule has 3 atom stereocenters. The molecule has 1 saturated heterocycles. The van der Waals surface area contributed by atoms with E-state index in [9.17, 15) is 14.4 Å². The zero-order valence-electron chi connectivity index (χ0n) is 16.0. The Labute approximate surface area is 150 Å². The number of amides is 3. The molecular weight excluding hydrogens is 322 g/mol. The van der Waals surface area contributed by atoms with E-state index in [1.165, 1.54) is 0 Å². The first kappa shape index (κ1) is 21.4. The van der Waals surface area contributed by atoms with E-state index < -0.39 is 11.5 Å². The molecule has 8 nitrogen and oxygen atoms in total. The van der Waals surface area contributed by atoms with Crippen LogP contribution in [0.3, 0.4) is 0 Å². The lowest BCUT2D eigenvalue weighted by molar-refractivity contribution is -0.140. The number of hydrogen-bond acceptors (Lipinski definition) is 5. The van der Waals surface area contributed by atoms with Crippen molar-refractivity contribution < 1.29 is 14.4 Å². The molecular formula is C17H33N5O3. The molecule has 1 heterocycles. The van der Waals surface area contributed by atoms with E-state index in [2.05, 4.69) is 16.0 Å². The first-order valence-electron chi connectivity index (χ1n) is 8.86. The lowest BCUT2D eigenvalue weighted by atomic mass is 9.85. The van der Waals surface area contributed by atoms with Gasteiger partial charge in [0.2, 0.25) is 17.7 Å². The van der Waals surface area contributed by atoms with Crippen LogP contribution in [0.2, 0.25) is 0 Å². The van der Waals surface area contributed by atoms with Gasteiger partial charge in [-0.05, 0) is 32.2 Å². The summed E-state index contributed by atoms with van der Waals surface area (Å²) >= 11 is 0. The number of carbonyl (C=O) groups excluding carboxylic acids is 3. The van der Waals surface area contributed by atoms with Crippen LogP contribution in [0.5, 0.6) is 0 Å². The zero-order valence-corrected chi connectivity index (χ0v) is 16.0. The van der Waals surface area contributed by atoms with Crippen molar-refractivity contribution in [1.82, 2.24) is 20.9 Å². The van der Waals surface area contributed by atoms with Crippen LogP contribution in [0.15, 0.2) is 0 Å².